The molecule has 2 N–H and O–H groups in total. The lowest BCUT2D eigenvalue weighted by molar-refractivity contribution is -0.137. The molecule has 0 saturated heterocycles. The fraction of sp³-hybridized carbons (Fsp3) is 0.500. The van der Waals surface area contributed by atoms with Crippen molar-refractivity contribution in [2.24, 2.45) is 0 Å². The number of carbonyl (C=O) groups excluding carboxylic acids is 1. The number of halogens is 1. The van der Waals surface area contributed by atoms with Gasteiger partial charge in [0.15, 0.2) is 0 Å². The third-order valence-electron chi connectivity index (χ3n) is 2.86. The molecule has 6 heteroatoms. The fourth-order valence-electron chi connectivity index (χ4n) is 1.78. The summed E-state index contributed by atoms with van der Waals surface area (Å²) in [7, 11) is 0. The van der Waals surface area contributed by atoms with Crippen molar-refractivity contribution >= 4 is 23.5 Å². The summed E-state index contributed by atoms with van der Waals surface area (Å²) >= 11 is 5.82. The molecule has 0 fully saturated rings. The zero-order chi connectivity index (χ0) is 14.8. The summed E-state index contributed by atoms with van der Waals surface area (Å²) in [4.78, 5) is 25.9. The smallest absolute Gasteiger partial charge is 0.303 e. The number of hydrogen-bond acceptors (Lipinski definition) is 3. The first-order valence-electron chi connectivity index (χ1n) is 6.72. The van der Waals surface area contributed by atoms with Gasteiger partial charge in [-0.1, -0.05) is 30.9 Å². The molecule has 0 spiro atoms. The molecule has 1 aromatic heterocycles. The lowest BCUT2D eigenvalue weighted by Crippen LogP contribution is -2.24. The molecule has 0 bridgehead atoms. The van der Waals surface area contributed by atoms with Crippen LogP contribution in [0.1, 0.15) is 48.9 Å². The first-order valence-corrected chi connectivity index (χ1v) is 7.09. The Hall–Kier alpha value is -1.62. The Morgan fingerprint density at radius 1 is 1.20 bits per heavy atom. The molecule has 110 valence electrons. The van der Waals surface area contributed by atoms with E-state index in [1.165, 1.54) is 6.20 Å². The predicted octanol–water partition coefficient (Wildman–Crippen LogP) is 2.89. The van der Waals surface area contributed by atoms with Gasteiger partial charge in [0.25, 0.3) is 5.91 Å². The van der Waals surface area contributed by atoms with Gasteiger partial charge >= 0.3 is 5.97 Å². The third kappa shape index (κ3) is 6.52. The fourth-order valence-corrected chi connectivity index (χ4v) is 1.99. The number of nitrogens with one attached hydrogen (secondary N) is 1. The van der Waals surface area contributed by atoms with Crippen molar-refractivity contribution in [3.63, 3.8) is 0 Å². The standard InChI is InChI=1S/C14H19ClN2O3/c15-13-11(7-6-10-16-13)14(20)17-9-5-3-1-2-4-8-12(18)19/h6-7,10H,1-5,8-9H2,(H,17,20)(H,18,19). The van der Waals surface area contributed by atoms with Gasteiger partial charge in [0.2, 0.25) is 0 Å². The van der Waals surface area contributed by atoms with Crippen molar-refractivity contribution in [3.05, 3.63) is 29.0 Å². The average Bonchev–Trinajstić information content (AvgIpc) is 2.41. The monoisotopic (exact) mass is 298 g/mol. The van der Waals surface area contributed by atoms with Gasteiger partial charge in [0.1, 0.15) is 5.15 Å². The molecule has 1 heterocycles. The van der Waals surface area contributed by atoms with Gasteiger partial charge in [-0.05, 0) is 25.0 Å². The van der Waals surface area contributed by atoms with Gasteiger partial charge in [-0.2, -0.15) is 0 Å². The number of amides is 1. The van der Waals surface area contributed by atoms with Crippen LogP contribution >= 0.6 is 11.6 Å². The highest BCUT2D eigenvalue weighted by Crippen LogP contribution is 2.11. The summed E-state index contributed by atoms with van der Waals surface area (Å²) in [5.41, 5.74) is 0.385. The molecule has 0 aromatic carbocycles. The van der Waals surface area contributed by atoms with Crippen LogP contribution in [0.5, 0.6) is 0 Å². The van der Waals surface area contributed by atoms with E-state index in [0.717, 1.165) is 25.7 Å². The molecule has 0 radical (unpaired) electrons. The van der Waals surface area contributed by atoms with Gasteiger partial charge < -0.3 is 10.4 Å². The summed E-state index contributed by atoms with van der Waals surface area (Å²) in [5.74, 6) is -0.959. The van der Waals surface area contributed by atoms with E-state index < -0.39 is 5.97 Å². The summed E-state index contributed by atoms with van der Waals surface area (Å²) in [6.45, 7) is 0.586. The van der Waals surface area contributed by atoms with Gasteiger partial charge in [0, 0.05) is 19.2 Å². The predicted molar refractivity (Wildman–Crippen MR) is 76.9 cm³/mol. The van der Waals surface area contributed by atoms with Gasteiger partial charge in [-0.15, -0.1) is 0 Å². The minimum absolute atomic E-state index is 0.207. The third-order valence-corrected chi connectivity index (χ3v) is 3.16. The number of unbranched alkanes of at least 4 members (excludes halogenated alkanes) is 4. The van der Waals surface area contributed by atoms with E-state index in [4.69, 9.17) is 16.7 Å². The largest absolute Gasteiger partial charge is 0.481 e. The highest BCUT2D eigenvalue weighted by molar-refractivity contribution is 6.32. The zero-order valence-electron chi connectivity index (χ0n) is 11.3. The highest BCUT2D eigenvalue weighted by atomic mass is 35.5. The average molecular weight is 299 g/mol. The zero-order valence-corrected chi connectivity index (χ0v) is 12.0. The van der Waals surface area contributed by atoms with E-state index in [1.807, 2.05) is 0 Å². The number of hydrogen-bond donors (Lipinski definition) is 2. The van der Waals surface area contributed by atoms with Gasteiger partial charge in [-0.3, -0.25) is 9.59 Å². The SMILES string of the molecule is O=C(O)CCCCCCCNC(=O)c1cccnc1Cl. The molecule has 0 atom stereocenters. The number of aromatic nitrogens is 1. The molecule has 20 heavy (non-hydrogen) atoms. The maximum absolute atomic E-state index is 11.8. The molecule has 0 aliphatic heterocycles. The van der Waals surface area contributed by atoms with Crippen molar-refractivity contribution in [2.45, 2.75) is 38.5 Å². The van der Waals surface area contributed by atoms with Crippen LogP contribution < -0.4 is 5.32 Å². The molecule has 0 aliphatic carbocycles. The second-order valence-corrected chi connectivity index (χ2v) is 4.87. The number of rotatable bonds is 9. The van der Waals surface area contributed by atoms with E-state index >= 15 is 0 Å². The lowest BCUT2D eigenvalue weighted by Gasteiger charge is -2.06. The van der Waals surface area contributed by atoms with Crippen molar-refractivity contribution in [1.82, 2.24) is 10.3 Å². The molecule has 1 rings (SSSR count). The van der Waals surface area contributed by atoms with E-state index in [9.17, 15) is 9.59 Å². The van der Waals surface area contributed by atoms with Crippen LogP contribution in [0, 0.1) is 0 Å². The maximum atomic E-state index is 11.8. The maximum Gasteiger partial charge on any atom is 0.303 e. The Balaban J connectivity index is 2.08. The first-order chi connectivity index (χ1) is 9.61. The van der Waals surface area contributed by atoms with E-state index in [0.29, 0.717) is 18.5 Å². The molecule has 1 aromatic rings. The lowest BCUT2D eigenvalue weighted by atomic mass is 10.1. The van der Waals surface area contributed by atoms with Crippen molar-refractivity contribution in [3.8, 4) is 0 Å². The van der Waals surface area contributed by atoms with E-state index in [1.54, 1.807) is 12.1 Å². The Kier molecular flexibility index (Phi) is 7.65. The van der Waals surface area contributed by atoms with Crippen LogP contribution in [0.25, 0.3) is 0 Å². The van der Waals surface area contributed by atoms with Crippen LogP contribution in [0.15, 0.2) is 18.3 Å². The van der Waals surface area contributed by atoms with Crippen LogP contribution in [0.3, 0.4) is 0 Å². The van der Waals surface area contributed by atoms with E-state index in [-0.39, 0.29) is 17.5 Å². The second-order valence-electron chi connectivity index (χ2n) is 4.51. The molecule has 0 unspecified atom stereocenters. The molecule has 1 amide bonds. The first kappa shape index (κ1) is 16.4. The Bertz CT molecular complexity index is 452. The number of nitrogens with zero attached hydrogens (tertiary/aromatic N) is 1. The topological polar surface area (TPSA) is 79.3 Å². The Morgan fingerprint density at radius 3 is 2.60 bits per heavy atom. The molecule has 0 saturated carbocycles. The van der Waals surface area contributed by atoms with Crippen LogP contribution in [-0.4, -0.2) is 28.5 Å². The number of carboxylic acids is 1. The number of pyridine rings is 1. The van der Waals surface area contributed by atoms with Crippen LogP contribution in [0.4, 0.5) is 0 Å². The summed E-state index contributed by atoms with van der Waals surface area (Å²) in [5, 5.41) is 11.5. The van der Waals surface area contributed by atoms with Gasteiger partial charge in [-0.25, -0.2) is 4.98 Å². The normalized spacial score (nSPS) is 10.2. The Morgan fingerprint density at radius 2 is 1.90 bits per heavy atom. The van der Waals surface area contributed by atoms with Crippen molar-refractivity contribution in [2.75, 3.05) is 6.54 Å². The van der Waals surface area contributed by atoms with Crippen molar-refractivity contribution < 1.29 is 14.7 Å². The summed E-state index contributed by atoms with van der Waals surface area (Å²) < 4.78 is 0. The van der Waals surface area contributed by atoms with Crippen LogP contribution in [-0.2, 0) is 4.79 Å². The number of carbonyl (C=O) groups is 2. The number of carboxylic acid groups (broad SMARTS) is 1. The number of aliphatic carboxylic acids is 1. The second kappa shape index (κ2) is 9.31. The van der Waals surface area contributed by atoms with Crippen LogP contribution in [0.2, 0.25) is 5.15 Å². The molecular formula is C14H19ClN2O3. The molecular weight excluding hydrogens is 280 g/mol. The van der Waals surface area contributed by atoms with Crippen molar-refractivity contribution in [1.29, 1.82) is 0 Å². The summed E-state index contributed by atoms with van der Waals surface area (Å²) in [6, 6.07) is 3.31. The minimum atomic E-state index is -0.745. The molecule has 5 nitrogen and oxygen atoms in total. The highest BCUT2D eigenvalue weighted by Gasteiger charge is 2.09. The Labute approximate surface area is 123 Å². The van der Waals surface area contributed by atoms with E-state index in [2.05, 4.69) is 10.3 Å². The quantitative estimate of drug-likeness (QED) is 0.543. The van der Waals surface area contributed by atoms with Gasteiger partial charge in [0.05, 0.1) is 5.56 Å². The minimum Gasteiger partial charge on any atom is -0.481 e. The summed E-state index contributed by atoms with van der Waals surface area (Å²) in [6.07, 6.45) is 6.22. The molecule has 0 aliphatic rings.